The molecule has 0 fully saturated rings. The van der Waals surface area contributed by atoms with E-state index < -0.39 is 0 Å². The Morgan fingerprint density at radius 2 is 2.00 bits per heavy atom. The van der Waals surface area contributed by atoms with Crippen molar-refractivity contribution >= 4 is 16.9 Å². The number of benzene rings is 1. The number of fused-ring (bicyclic) bond motifs is 1. The van der Waals surface area contributed by atoms with Gasteiger partial charge in [-0.2, -0.15) is 0 Å². The molecule has 0 aliphatic rings. The molecule has 0 spiro atoms. The average Bonchev–Trinajstić information content (AvgIpc) is 2.70. The summed E-state index contributed by atoms with van der Waals surface area (Å²) in [6.07, 6.45) is 3.10. The molecule has 1 aromatic heterocycles. The lowest BCUT2D eigenvalue weighted by Crippen LogP contribution is -2.30. The predicted octanol–water partition coefficient (Wildman–Crippen LogP) is 3.48. The number of rotatable bonds is 6. The number of nitrogens with zero attached hydrogens (tertiary/aromatic N) is 2. The molecule has 20 heavy (non-hydrogen) atoms. The zero-order chi connectivity index (χ0) is 14.8. The van der Waals surface area contributed by atoms with Crippen molar-refractivity contribution in [2.75, 3.05) is 0 Å². The topological polar surface area (TPSA) is 67.7 Å². The molecule has 3 N–H and O–H groups in total. The van der Waals surface area contributed by atoms with Crippen LogP contribution in [-0.2, 0) is 6.54 Å². The molecule has 2 rings (SSSR count). The maximum absolute atomic E-state index is 7.58. The van der Waals surface area contributed by atoms with Crippen LogP contribution in [0.15, 0.2) is 24.3 Å². The molecule has 1 heterocycles. The largest absolute Gasteiger partial charge is 0.387 e. The van der Waals surface area contributed by atoms with E-state index in [0.29, 0.717) is 0 Å². The van der Waals surface area contributed by atoms with Gasteiger partial charge < -0.3 is 10.3 Å². The highest BCUT2D eigenvalue weighted by Gasteiger charge is 2.20. The highest BCUT2D eigenvalue weighted by molar-refractivity contribution is 5.82. The summed E-state index contributed by atoms with van der Waals surface area (Å²) in [5.74, 6) is 1.35. The predicted molar refractivity (Wildman–Crippen MR) is 84.0 cm³/mol. The zero-order valence-electron chi connectivity index (χ0n) is 12.6. The van der Waals surface area contributed by atoms with Gasteiger partial charge in [-0.1, -0.05) is 32.4 Å². The van der Waals surface area contributed by atoms with Gasteiger partial charge in [0.15, 0.2) is 0 Å². The number of para-hydroxylation sites is 2. The quantitative estimate of drug-likeness (QED) is 0.480. The van der Waals surface area contributed by atoms with Crippen molar-refractivity contribution < 1.29 is 0 Å². The van der Waals surface area contributed by atoms with E-state index in [1.165, 1.54) is 5.52 Å². The molecule has 0 amide bonds. The minimum absolute atomic E-state index is 0.188. The minimum atomic E-state index is -0.188. The second-order valence-corrected chi connectivity index (χ2v) is 6.05. The van der Waals surface area contributed by atoms with Crippen LogP contribution < -0.4 is 5.73 Å². The normalized spacial score (nSPS) is 11.9. The first kappa shape index (κ1) is 14.6. The lowest BCUT2D eigenvalue weighted by atomic mass is 9.86. The lowest BCUT2D eigenvalue weighted by molar-refractivity contribution is 0.430. The van der Waals surface area contributed by atoms with E-state index >= 15 is 0 Å². The Labute approximate surface area is 120 Å². The molecule has 0 radical (unpaired) electrons. The fourth-order valence-electron chi connectivity index (χ4n) is 2.45. The third kappa shape index (κ3) is 3.00. The number of nitrogens with two attached hydrogens (primary N) is 1. The van der Waals surface area contributed by atoms with Crippen LogP contribution in [0.5, 0.6) is 0 Å². The first-order chi connectivity index (χ1) is 9.42. The Morgan fingerprint density at radius 1 is 1.30 bits per heavy atom. The lowest BCUT2D eigenvalue weighted by Gasteiger charge is -2.22. The van der Waals surface area contributed by atoms with Crippen LogP contribution in [-0.4, -0.2) is 15.4 Å². The smallest absolute Gasteiger partial charge is 0.106 e. The van der Waals surface area contributed by atoms with Gasteiger partial charge in [0, 0.05) is 12.0 Å². The standard InChI is InChI=1S/C16H24N4/c1-12-19-13-8-4-5-9-14(13)20(12)11-7-6-10-16(2,3)15(17)18/h4-5,8-9H,6-7,10-11H2,1-3H3,(H3,17,18). The summed E-state index contributed by atoms with van der Waals surface area (Å²) >= 11 is 0. The van der Waals surface area contributed by atoms with E-state index in [1.807, 2.05) is 19.9 Å². The van der Waals surface area contributed by atoms with E-state index in [4.69, 9.17) is 11.1 Å². The van der Waals surface area contributed by atoms with E-state index in [0.717, 1.165) is 37.1 Å². The van der Waals surface area contributed by atoms with Crippen molar-refractivity contribution in [2.45, 2.75) is 46.6 Å². The number of imidazole rings is 1. The van der Waals surface area contributed by atoms with Gasteiger partial charge in [-0.15, -0.1) is 0 Å². The molecule has 0 unspecified atom stereocenters. The van der Waals surface area contributed by atoms with Crippen LogP contribution in [0, 0.1) is 17.7 Å². The first-order valence-corrected chi connectivity index (χ1v) is 7.18. The monoisotopic (exact) mass is 272 g/mol. The number of hydrogen-bond acceptors (Lipinski definition) is 2. The van der Waals surface area contributed by atoms with Crippen molar-refractivity contribution in [1.82, 2.24) is 9.55 Å². The first-order valence-electron chi connectivity index (χ1n) is 7.18. The highest BCUT2D eigenvalue weighted by atomic mass is 15.1. The van der Waals surface area contributed by atoms with Crippen LogP contribution >= 0.6 is 0 Å². The molecular formula is C16H24N4. The second-order valence-electron chi connectivity index (χ2n) is 6.05. The molecule has 108 valence electrons. The Hall–Kier alpha value is -1.84. The van der Waals surface area contributed by atoms with E-state index in [-0.39, 0.29) is 11.3 Å². The molecular weight excluding hydrogens is 248 g/mol. The summed E-state index contributed by atoms with van der Waals surface area (Å²) in [7, 11) is 0. The van der Waals surface area contributed by atoms with Crippen molar-refractivity contribution in [1.29, 1.82) is 5.41 Å². The fraction of sp³-hybridized carbons (Fsp3) is 0.500. The molecule has 0 aliphatic heterocycles. The number of aryl methyl sites for hydroxylation is 2. The summed E-state index contributed by atoms with van der Waals surface area (Å²) in [6, 6.07) is 8.25. The average molecular weight is 272 g/mol. The van der Waals surface area contributed by atoms with Crippen LogP contribution in [0.4, 0.5) is 0 Å². The Morgan fingerprint density at radius 3 is 2.70 bits per heavy atom. The van der Waals surface area contributed by atoms with Gasteiger partial charge >= 0.3 is 0 Å². The molecule has 0 atom stereocenters. The molecule has 2 aromatic rings. The van der Waals surface area contributed by atoms with Crippen LogP contribution in [0.25, 0.3) is 11.0 Å². The SMILES string of the molecule is Cc1nc2ccccc2n1CCCCC(C)(C)C(=N)N. The Balaban J connectivity index is 1.97. The van der Waals surface area contributed by atoms with Gasteiger partial charge in [0.05, 0.1) is 16.9 Å². The molecule has 0 aliphatic carbocycles. The maximum atomic E-state index is 7.58. The van der Waals surface area contributed by atoms with E-state index in [2.05, 4.69) is 34.7 Å². The summed E-state index contributed by atoms with van der Waals surface area (Å²) in [5, 5.41) is 7.58. The molecule has 4 heteroatoms. The van der Waals surface area contributed by atoms with Gasteiger partial charge in [0.1, 0.15) is 5.82 Å². The second kappa shape index (κ2) is 5.65. The minimum Gasteiger partial charge on any atom is -0.387 e. The van der Waals surface area contributed by atoms with Crippen LogP contribution in [0.2, 0.25) is 0 Å². The molecule has 0 saturated carbocycles. The van der Waals surface area contributed by atoms with Crippen molar-refractivity contribution in [3.8, 4) is 0 Å². The Bertz CT molecular complexity index is 610. The van der Waals surface area contributed by atoms with E-state index in [9.17, 15) is 0 Å². The van der Waals surface area contributed by atoms with Crippen molar-refractivity contribution in [3.05, 3.63) is 30.1 Å². The summed E-state index contributed by atoms with van der Waals surface area (Å²) in [6.45, 7) is 7.10. The van der Waals surface area contributed by atoms with Gasteiger partial charge in [0.2, 0.25) is 0 Å². The molecule has 0 saturated heterocycles. The van der Waals surface area contributed by atoms with Gasteiger partial charge in [-0.05, 0) is 31.9 Å². The fourth-order valence-corrected chi connectivity index (χ4v) is 2.45. The Kier molecular flexibility index (Phi) is 4.12. The molecule has 4 nitrogen and oxygen atoms in total. The van der Waals surface area contributed by atoms with Crippen molar-refractivity contribution in [3.63, 3.8) is 0 Å². The van der Waals surface area contributed by atoms with Crippen molar-refractivity contribution in [2.24, 2.45) is 11.1 Å². The third-order valence-corrected chi connectivity index (χ3v) is 4.01. The van der Waals surface area contributed by atoms with E-state index in [1.54, 1.807) is 0 Å². The van der Waals surface area contributed by atoms with Crippen LogP contribution in [0.1, 0.15) is 38.9 Å². The summed E-state index contributed by atoms with van der Waals surface area (Å²) < 4.78 is 2.27. The van der Waals surface area contributed by atoms with Crippen LogP contribution in [0.3, 0.4) is 0 Å². The molecule has 1 aromatic carbocycles. The van der Waals surface area contributed by atoms with Gasteiger partial charge in [-0.25, -0.2) is 4.98 Å². The number of nitrogens with one attached hydrogen (secondary N) is 1. The number of aromatic nitrogens is 2. The summed E-state index contributed by atoms with van der Waals surface area (Å²) in [5.41, 5.74) is 7.69. The number of amidine groups is 1. The zero-order valence-corrected chi connectivity index (χ0v) is 12.6. The van der Waals surface area contributed by atoms with Gasteiger partial charge in [0.25, 0.3) is 0 Å². The number of hydrogen-bond donors (Lipinski definition) is 2. The summed E-state index contributed by atoms with van der Waals surface area (Å²) in [4.78, 5) is 4.58. The maximum Gasteiger partial charge on any atom is 0.106 e. The van der Waals surface area contributed by atoms with Gasteiger partial charge in [-0.3, -0.25) is 5.41 Å². The molecule has 0 bridgehead atoms. The highest BCUT2D eigenvalue weighted by Crippen LogP contribution is 2.23. The third-order valence-electron chi connectivity index (χ3n) is 4.01. The number of unbranched alkanes of at least 4 members (excludes halogenated alkanes) is 1.